The summed E-state index contributed by atoms with van der Waals surface area (Å²) in [5.74, 6) is -1.43. The number of fused-ring (bicyclic) bond motifs is 3. The SMILES string of the molecule is [2H]C1([2H])C([2H])([2H])C2(COc3cccc(-c4cn(C5CC(O)(CO)C5)c5ncnc(N)c45)c3F)OC1([2H])C([2H])([2H])C2([2H])[2H]. The molecule has 1 aromatic carbocycles. The fourth-order valence-electron chi connectivity index (χ4n) is 4.50. The maximum atomic E-state index is 16.1. The quantitative estimate of drug-likeness (QED) is 0.515. The molecule has 0 spiro atoms. The second kappa shape index (κ2) is 7.38. The van der Waals surface area contributed by atoms with Gasteiger partial charge in [0.15, 0.2) is 11.6 Å². The molecule has 0 radical (unpaired) electrons. The summed E-state index contributed by atoms with van der Waals surface area (Å²) >= 11 is 0. The number of aliphatic hydroxyl groups is 2. The summed E-state index contributed by atoms with van der Waals surface area (Å²) < 4.78 is 103. The highest BCUT2D eigenvalue weighted by atomic mass is 19.1. The van der Waals surface area contributed by atoms with Gasteiger partial charge in [0.2, 0.25) is 0 Å². The number of benzene rings is 1. The predicted octanol–water partition coefficient (Wildman–Crippen LogP) is 2.97. The number of aliphatic hydroxyl groups excluding tert-OH is 1. The second-order valence-electron chi connectivity index (χ2n) is 8.52. The molecule has 3 aliphatic rings. The van der Waals surface area contributed by atoms with E-state index in [1.807, 2.05) is 0 Å². The highest BCUT2D eigenvalue weighted by molar-refractivity contribution is 6.01. The van der Waals surface area contributed by atoms with Crippen LogP contribution in [0.4, 0.5) is 10.2 Å². The first-order valence-electron chi connectivity index (χ1n) is 14.9. The average Bonchev–Trinajstić information content (AvgIpc) is 3.38. The molecule has 9 heteroatoms. The summed E-state index contributed by atoms with van der Waals surface area (Å²) in [5, 5.41) is 20.1. The number of nitrogen functional groups attached to an aromatic ring is 1. The molecule has 33 heavy (non-hydrogen) atoms. The van der Waals surface area contributed by atoms with Crippen molar-refractivity contribution in [2.45, 2.75) is 61.7 Å². The van der Waals surface area contributed by atoms with Crippen molar-refractivity contribution in [1.82, 2.24) is 14.5 Å². The molecule has 1 aliphatic carbocycles. The van der Waals surface area contributed by atoms with Crippen molar-refractivity contribution < 1.29 is 36.4 Å². The Morgan fingerprint density at radius 3 is 2.85 bits per heavy atom. The van der Waals surface area contributed by atoms with Gasteiger partial charge in [-0.1, -0.05) is 12.1 Å². The maximum Gasteiger partial charge on any atom is 0.172 e. The van der Waals surface area contributed by atoms with E-state index in [1.165, 1.54) is 24.5 Å². The molecule has 2 aromatic heterocycles. The summed E-state index contributed by atoms with van der Waals surface area (Å²) in [6.45, 7) is -1.58. The van der Waals surface area contributed by atoms with Crippen LogP contribution in [0, 0.1) is 5.82 Å². The van der Waals surface area contributed by atoms with Crippen LogP contribution in [0.3, 0.4) is 0 Å². The van der Waals surface area contributed by atoms with Crippen molar-refractivity contribution in [3.8, 4) is 16.9 Å². The van der Waals surface area contributed by atoms with E-state index in [0.29, 0.717) is 11.0 Å². The molecule has 1 saturated carbocycles. The number of nitrogens with zero attached hydrogens (tertiary/aromatic N) is 3. The minimum Gasteiger partial charge on any atom is -0.487 e. The van der Waals surface area contributed by atoms with Gasteiger partial charge < -0.3 is 30.0 Å². The van der Waals surface area contributed by atoms with Gasteiger partial charge in [-0.05, 0) is 44.4 Å². The smallest absolute Gasteiger partial charge is 0.172 e. The monoisotopic (exact) mass is 463 g/mol. The summed E-state index contributed by atoms with van der Waals surface area (Å²) in [7, 11) is 0. The molecule has 8 nitrogen and oxygen atoms in total. The van der Waals surface area contributed by atoms with Crippen LogP contribution in [0.25, 0.3) is 22.2 Å². The standard InChI is InChI=1S/C24H27FN4O4/c25-20-16(2-1-3-18(20)32-12-24-6-4-15(33-24)5-7-24)17-10-29(14-8-23(31,9-14)11-30)22-19(17)21(26)27-13-28-22/h1-3,10,13-15,30-31H,4-9,11-12H2,(H2,26,27,28)/i4D2,5D2,6D2,7D2,15D. The van der Waals surface area contributed by atoms with Crippen molar-refractivity contribution in [2.75, 3.05) is 18.9 Å². The Morgan fingerprint density at radius 2 is 2.09 bits per heavy atom. The Labute approximate surface area is 202 Å². The summed E-state index contributed by atoms with van der Waals surface area (Å²) in [4.78, 5) is 8.29. The number of hydrogen-bond donors (Lipinski definition) is 3. The van der Waals surface area contributed by atoms with Gasteiger partial charge in [0.25, 0.3) is 0 Å². The molecular formula is C24H27FN4O4. The highest BCUT2D eigenvalue weighted by Crippen LogP contribution is 2.46. The summed E-state index contributed by atoms with van der Waals surface area (Å²) in [5.41, 5.74) is 2.51. The summed E-state index contributed by atoms with van der Waals surface area (Å²) in [6, 6.07) is 3.70. The number of rotatable bonds is 6. The zero-order chi connectivity index (χ0) is 30.9. The van der Waals surface area contributed by atoms with Crippen molar-refractivity contribution in [3.63, 3.8) is 0 Å². The molecule has 3 aromatic rings. The largest absolute Gasteiger partial charge is 0.487 e. The van der Waals surface area contributed by atoms with Gasteiger partial charge in [-0.25, -0.2) is 14.4 Å². The Kier molecular flexibility index (Phi) is 2.95. The Hall–Kier alpha value is -2.75. The number of nitrogens with two attached hydrogens (primary N) is 1. The molecule has 3 fully saturated rings. The fraction of sp³-hybridized carbons (Fsp3) is 0.500. The number of ether oxygens (including phenoxy) is 2. The van der Waals surface area contributed by atoms with E-state index in [0.717, 1.165) is 0 Å². The van der Waals surface area contributed by atoms with Gasteiger partial charge in [0.1, 0.15) is 30.0 Å². The van der Waals surface area contributed by atoms with Gasteiger partial charge in [-0.3, -0.25) is 0 Å². The number of hydrogen-bond acceptors (Lipinski definition) is 7. The van der Waals surface area contributed by atoms with Crippen molar-refractivity contribution in [3.05, 3.63) is 36.5 Å². The third-order valence-corrected chi connectivity index (χ3v) is 6.27. The van der Waals surface area contributed by atoms with Crippen LogP contribution in [0.5, 0.6) is 5.75 Å². The lowest BCUT2D eigenvalue weighted by molar-refractivity contribution is -0.101. The average molecular weight is 464 g/mol. The molecule has 0 unspecified atom stereocenters. The Bertz CT molecular complexity index is 1580. The zero-order valence-corrected chi connectivity index (χ0v) is 17.3. The topological polar surface area (TPSA) is 116 Å². The van der Waals surface area contributed by atoms with Crippen molar-refractivity contribution >= 4 is 16.9 Å². The predicted molar refractivity (Wildman–Crippen MR) is 119 cm³/mol. The molecule has 174 valence electrons. The molecule has 6 rings (SSSR count). The first-order chi connectivity index (χ1) is 19.3. The van der Waals surface area contributed by atoms with Crippen LogP contribution < -0.4 is 10.5 Å². The molecule has 4 heterocycles. The lowest BCUT2D eigenvalue weighted by Gasteiger charge is -2.43. The summed E-state index contributed by atoms with van der Waals surface area (Å²) in [6.07, 6.45) is -13.1. The van der Waals surface area contributed by atoms with Gasteiger partial charge >= 0.3 is 0 Å². The van der Waals surface area contributed by atoms with E-state index >= 15 is 4.39 Å². The zero-order valence-electron chi connectivity index (χ0n) is 26.3. The van der Waals surface area contributed by atoms with Crippen LogP contribution in [0.2, 0.25) is 0 Å². The van der Waals surface area contributed by atoms with Crippen LogP contribution in [0.1, 0.15) is 56.7 Å². The van der Waals surface area contributed by atoms with Crippen LogP contribution >= 0.6 is 0 Å². The highest BCUT2D eigenvalue weighted by Gasteiger charge is 2.47. The third kappa shape index (κ3) is 3.29. The van der Waals surface area contributed by atoms with Gasteiger partial charge in [-0.15, -0.1) is 0 Å². The Morgan fingerprint density at radius 1 is 1.30 bits per heavy atom. The minimum atomic E-state index is -3.29. The van der Waals surface area contributed by atoms with Gasteiger partial charge in [0, 0.05) is 34.3 Å². The van der Waals surface area contributed by atoms with E-state index in [2.05, 4.69) is 9.97 Å². The van der Waals surface area contributed by atoms with Gasteiger partial charge in [0.05, 0.1) is 25.0 Å². The van der Waals surface area contributed by atoms with Crippen molar-refractivity contribution in [2.24, 2.45) is 0 Å². The fourth-order valence-corrected chi connectivity index (χ4v) is 4.50. The Balaban J connectivity index is 1.39. The third-order valence-electron chi connectivity index (χ3n) is 6.27. The molecule has 2 bridgehead atoms. The van der Waals surface area contributed by atoms with Crippen LogP contribution in [-0.4, -0.2) is 55.2 Å². The number of anilines is 1. The first kappa shape index (κ1) is 13.2. The normalized spacial score (nSPS) is 43.0. The van der Waals surface area contributed by atoms with Gasteiger partial charge in [-0.2, -0.15) is 0 Å². The maximum absolute atomic E-state index is 16.1. The molecular weight excluding hydrogens is 427 g/mol. The van der Waals surface area contributed by atoms with E-state index in [9.17, 15) is 10.2 Å². The first-order valence-corrected chi connectivity index (χ1v) is 10.4. The van der Waals surface area contributed by atoms with Crippen molar-refractivity contribution in [1.29, 1.82) is 0 Å². The van der Waals surface area contributed by atoms with E-state index in [1.54, 1.807) is 10.8 Å². The molecule has 0 atom stereocenters. The molecule has 4 N–H and O–H groups in total. The second-order valence-corrected chi connectivity index (χ2v) is 8.52. The molecule has 2 aliphatic heterocycles. The molecule has 0 amide bonds. The van der Waals surface area contributed by atoms with Crippen LogP contribution in [0.15, 0.2) is 30.7 Å². The van der Waals surface area contributed by atoms with E-state index in [4.69, 9.17) is 27.5 Å². The minimum absolute atomic E-state index is 0.0399. The van der Waals surface area contributed by atoms with E-state index in [-0.39, 0.29) is 35.8 Å². The molecule has 2 saturated heterocycles. The number of halogens is 1. The lowest BCUT2D eigenvalue weighted by Crippen LogP contribution is -2.47. The lowest BCUT2D eigenvalue weighted by atomic mass is 9.76. The van der Waals surface area contributed by atoms with E-state index < -0.39 is 67.6 Å². The van der Waals surface area contributed by atoms with Crippen LogP contribution in [-0.2, 0) is 4.74 Å². The number of aromatic nitrogens is 3.